The van der Waals surface area contributed by atoms with Crippen molar-refractivity contribution in [2.24, 2.45) is 22.9 Å². The Bertz CT molecular complexity index is 499. The minimum atomic E-state index is 0.378. The van der Waals surface area contributed by atoms with Crippen LogP contribution in [0.25, 0.3) is 0 Å². The van der Waals surface area contributed by atoms with E-state index in [1.807, 2.05) is 6.07 Å². The van der Waals surface area contributed by atoms with Gasteiger partial charge in [-0.2, -0.15) is 0 Å². The summed E-state index contributed by atoms with van der Waals surface area (Å²) in [5.74, 6) is 2.04. The average Bonchev–Trinajstić information content (AvgIpc) is 3.09. The van der Waals surface area contributed by atoms with Crippen LogP contribution in [0, 0.1) is 17.8 Å². The van der Waals surface area contributed by atoms with E-state index in [-0.39, 0.29) is 0 Å². The molecule has 2 fully saturated rings. The first-order valence-electron chi connectivity index (χ1n) is 7.76. The largest absolute Gasteiger partial charge is 0.392 e. The maximum absolute atomic E-state index is 5.98. The zero-order chi connectivity index (χ0) is 13.4. The van der Waals surface area contributed by atoms with Gasteiger partial charge in [-0.3, -0.25) is 0 Å². The molecular formula is C17H21NO2. The molecule has 4 rings (SSSR count). The molecule has 1 aromatic rings. The van der Waals surface area contributed by atoms with Crippen molar-refractivity contribution in [3.8, 4) is 0 Å². The highest BCUT2D eigenvalue weighted by atomic mass is 16.6. The lowest BCUT2D eigenvalue weighted by Crippen LogP contribution is -2.37. The molecule has 0 bridgehead atoms. The molecule has 3 heteroatoms. The molecular weight excluding hydrogens is 250 g/mol. The van der Waals surface area contributed by atoms with Crippen molar-refractivity contribution >= 4 is 5.71 Å². The van der Waals surface area contributed by atoms with Gasteiger partial charge in [0.05, 0.1) is 18.9 Å². The van der Waals surface area contributed by atoms with Gasteiger partial charge in [0.15, 0.2) is 0 Å². The van der Waals surface area contributed by atoms with Gasteiger partial charge in [0.25, 0.3) is 0 Å². The van der Waals surface area contributed by atoms with E-state index in [0.29, 0.717) is 17.9 Å². The fourth-order valence-corrected chi connectivity index (χ4v) is 4.17. The molecule has 1 aromatic carbocycles. The summed E-state index contributed by atoms with van der Waals surface area (Å²) in [5.41, 5.74) is 2.59. The van der Waals surface area contributed by atoms with E-state index in [4.69, 9.17) is 9.57 Å². The molecule has 106 valence electrons. The summed E-state index contributed by atoms with van der Waals surface area (Å²) in [7, 11) is 0. The molecule has 0 saturated heterocycles. The summed E-state index contributed by atoms with van der Waals surface area (Å²) in [4.78, 5) is 5.56. The van der Waals surface area contributed by atoms with E-state index in [1.54, 1.807) is 0 Å². The van der Waals surface area contributed by atoms with E-state index in [0.717, 1.165) is 32.0 Å². The molecule has 4 atom stereocenters. The molecule has 1 aliphatic heterocycles. The zero-order valence-electron chi connectivity index (χ0n) is 11.7. The standard InChI is InChI=1S/C17H21NO2/c1-2-4-12(5-3-1)10-19-11-13-6-9-16-17-14(13)7-8-15(17)18-20-16/h1-5,13-14,16-17H,6-11H2/t13-,14+,16-,17-/m1/s1. The molecule has 0 aromatic heterocycles. The number of rotatable bonds is 4. The highest BCUT2D eigenvalue weighted by Crippen LogP contribution is 2.48. The second-order valence-electron chi connectivity index (χ2n) is 6.29. The molecule has 0 radical (unpaired) electrons. The second-order valence-corrected chi connectivity index (χ2v) is 6.29. The quantitative estimate of drug-likeness (QED) is 0.840. The Balaban J connectivity index is 1.34. The number of hydrogen-bond donors (Lipinski definition) is 0. The highest BCUT2D eigenvalue weighted by molar-refractivity contribution is 5.90. The molecule has 3 nitrogen and oxygen atoms in total. The SMILES string of the molecule is c1ccc(COC[C@H]2CC[C@H]3ON=C4CC[C@@H]2[C@H]43)cc1. The Morgan fingerprint density at radius 3 is 2.95 bits per heavy atom. The molecule has 20 heavy (non-hydrogen) atoms. The topological polar surface area (TPSA) is 30.8 Å². The zero-order valence-corrected chi connectivity index (χ0v) is 11.7. The van der Waals surface area contributed by atoms with Crippen LogP contribution in [-0.2, 0) is 16.2 Å². The van der Waals surface area contributed by atoms with Crippen molar-refractivity contribution in [1.29, 1.82) is 0 Å². The summed E-state index contributed by atoms with van der Waals surface area (Å²) in [5, 5.41) is 4.28. The first-order chi connectivity index (χ1) is 9.92. The molecule has 1 heterocycles. The van der Waals surface area contributed by atoms with E-state index < -0.39 is 0 Å². The van der Waals surface area contributed by atoms with Crippen LogP contribution in [0.5, 0.6) is 0 Å². The predicted octanol–water partition coefficient (Wildman–Crippen LogP) is 3.39. The number of hydrogen-bond acceptors (Lipinski definition) is 3. The van der Waals surface area contributed by atoms with Crippen LogP contribution in [0.2, 0.25) is 0 Å². The minimum absolute atomic E-state index is 0.378. The second kappa shape index (κ2) is 5.21. The molecule has 0 amide bonds. The number of ether oxygens (including phenoxy) is 1. The van der Waals surface area contributed by atoms with Crippen LogP contribution >= 0.6 is 0 Å². The Labute approximate surface area is 120 Å². The van der Waals surface area contributed by atoms with Crippen LogP contribution in [-0.4, -0.2) is 18.4 Å². The Morgan fingerprint density at radius 1 is 1.15 bits per heavy atom. The lowest BCUT2D eigenvalue weighted by atomic mass is 9.72. The van der Waals surface area contributed by atoms with Gasteiger partial charge in [-0.25, -0.2) is 0 Å². The fraction of sp³-hybridized carbons (Fsp3) is 0.588. The molecule has 0 N–H and O–H groups in total. The minimum Gasteiger partial charge on any atom is -0.392 e. The van der Waals surface area contributed by atoms with Gasteiger partial charge >= 0.3 is 0 Å². The summed E-state index contributed by atoms with van der Waals surface area (Å²) < 4.78 is 5.98. The smallest absolute Gasteiger partial charge is 0.135 e. The third-order valence-corrected chi connectivity index (χ3v) is 5.16. The van der Waals surface area contributed by atoms with Crippen LogP contribution in [0.15, 0.2) is 35.5 Å². The van der Waals surface area contributed by atoms with Crippen molar-refractivity contribution in [3.63, 3.8) is 0 Å². The third-order valence-electron chi connectivity index (χ3n) is 5.16. The number of benzene rings is 1. The van der Waals surface area contributed by atoms with E-state index in [1.165, 1.54) is 24.1 Å². The van der Waals surface area contributed by atoms with Crippen LogP contribution in [0.4, 0.5) is 0 Å². The summed E-state index contributed by atoms with van der Waals surface area (Å²) in [6.45, 7) is 1.62. The van der Waals surface area contributed by atoms with Crippen molar-refractivity contribution in [2.75, 3.05) is 6.61 Å². The molecule has 2 saturated carbocycles. The monoisotopic (exact) mass is 271 g/mol. The Morgan fingerprint density at radius 2 is 2.05 bits per heavy atom. The van der Waals surface area contributed by atoms with Crippen molar-refractivity contribution in [2.45, 2.75) is 38.4 Å². The van der Waals surface area contributed by atoms with E-state index >= 15 is 0 Å². The van der Waals surface area contributed by atoms with Gasteiger partial charge < -0.3 is 9.57 Å². The van der Waals surface area contributed by atoms with Crippen molar-refractivity contribution in [1.82, 2.24) is 0 Å². The van der Waals surface area contributed by atoms with Crippen molar-refractivity contribution in [3.05, 3.63) is 35.9 Å². The van der Waals surface area contributed by atoms with Crippen LogP contribution < -0.4 is 0 Å². The van der Waals surface area contributed by atoms with Crippen LogP contribution in [0.1, 0.15) is 31.2 Å². The number of nitrogens with zero attached hydrogens (tertiary/aromatic N) is 1. The van der Waals surface area contributed by atoms with Gasteiger partial charge in [-0.1, -0.05) is 35.5 Å². The predicted molar refractivity (Wildman–Crippen MR) is 77.3 cm³/mol. The maximum Gasteiger partial charge on any atom is 0.135 e. The molecule has 3 aliphatic rings. The average molecular weight is 271 g/mol. The molecule has 2 aliphatic carbocycles. The normalized spacial score (nSPS) is 34.5. The van der Waals surface area contributed by atoms with Gasteiger partial charge in [-0.15, -0.1) is 0 Å². The first kappa shape index (κ1) is 12.4. The van der Waals surface area contributed by atoms with Gasteiger partial charge in [0, 0.05) is 5.92 Å². The van der Waals surface area contributed by atoms with Crippen LogP contribution in [0.3, 0.4) is 0 Å². The third kappa shape index (κ3) is 2.14. The highest BCUT2D eigenvalue weighted by Gasteiger charge is 2.49. The fourth-order valence-electron chi connectivity index (χ4n) is 4.17. The van der Waals surface area contributed by atoms with Crippen molar-refractivity contribution < 1.29 is 9.57 Å². The van der Waals surface area contributed by atoms with E-state index in [9.17, 15) is 0 Å². The lowest BCUT2D eigenvalue weighted by Gasteiger charge is -2.35. The summed E-state index contributed by atoms with van der Waals surface area (Å²) >= 11 is 0. The first-order valence-corrected chi connectivity index (χ1v) is 7.76. The summed E-state index contributed by atoms with van der Waals surface area (Å²) in [6.07, 6.45) is 5.17. The van der Waals surface area contributed by atoms with Gasteiger partial charge in [-0.05, 0) is 43.1 Å². The maximum atomic E-state index is 5.98. The van der Waals surface area contributed by atoms with Gasteiger partial charge in [0.2, 0.25) is 0 Å². The Kier molecular flexibility index (Phi) is 3.23. The summed E-state index contributed by atoms with van der Waals surface area (Å²) in [6, 6.07) is 10.4. The molecule has 0 spiro atoms. The van der Waals surface area contributed by atoms with E-state index in [2.05, 4.69) is 29.4 Å². The lowest BCUT2D eigenvalue weighted by molar-refractivity contribution is -0.0250. The Hall–Kier alpha value is -1.35. The number of oxime groups is 1. The molecule has 0 unspecified atom stereocenters. The van der Waals surface area contributed by atoms with Gasteiger partial charge in [0.1, 0.15) is 6.10 Å².